The van der Waals surface area contributed by atoms with Crippen LogP contribution in [0.1, 0.15) is 11.1 Å². The van der Waals surface area contributed by atoms with Gasteiger partial charge >= 0.3 is 0 Å². The van der Waals surface area contributed by atoms with Crippen LogP contribution in [-0.4, -0.2) is 6.21 Å². The second-order valence-corrected chi connectivity index (χ2v) is 6.16. The number of nitrogens with one attached hydrogen (secondary N) is 1. The Kier molecular flexibility index (Phi) is 5.94. The lowest BCUT2D eigenvalue weighted by Gasteiger charge is -2.08. The van der Waals surface area contributed by atoms with Gasteiger partial charge in [0.25, 0.3) is 0 Å². The average Bonchev–Trinajstić information content (AvgIpc) is 2.64. The van der Waals surface area contributed by atoms with E-state index in [0.29, 0.717) is 16.7 Å². The Bertz CT molecular complexity index is 867. The first-order valence-electron chi connectivity index (χ1n) is 7.71. The molecule has 0 aromatic heterocycles. The van der Waals surface area contributed by atoms with Crippen molar-refractivity contribution in [3.63, 3.8) is 0 Å². The van der Waals surface area contributed by atoms with Gasteiger partial charge in [-0.3, -0.25) is 5.43 Å². The van der Waals surface area contributed by atoms with E-state index in [1.54, 1.807) is 18.3 Å². The van der Waals surface area contributed by atoms with Crippen LogP contribution in [0.15, 0.2) is 77.9 Å². The summed E-state index contributed by atoms with van der Waals surface area (Å²) in [6.07, 6.45) is 1.75. The van der Waals surface area contributed by atoms with Crippen LogP contribution in [0.2, 0.25) is 10.0 Å². The standard InChI is InChI=1S/C20H16Cl2N2O/c21-19-10-9-16(12-20(19)22)14-25-18-8-4-5-15(11-18)13-23-24-17-6-2-1-3-7-17/h1-13,24H,14H2/b23-13+. The van der Waals surface area contributed by atoms with E-state index >= 15 is 0 Å². The van der Waals surface area contributed by atoms with Gasteiger partial charge in [0.05, 0.1) is 21.9 Å². The fourth-order valence-corrected chi connectivity index (χ4v) is 2.50. The fraction of sp³-hybridized carbons (Fsp3) is 0.0500. The Morgan fingerprint density at radius 1 is 0.880 bits per heavy atom. The van der Waals surface area contributed by atoms with Crippen LogP contribution in [0.5, 0.6) is 5.75 Å². The third kappa shape index (κ3) is 5.24. The molecule has 0 aliphatic rings. The van der Waals surface area contributed by atoms with E-state index < -0.39 is 0 Å². The zero-order chi connectivity index (χ0) is 17.5. The van der Waals surface area contributed by atoms with Gasteiger partial charge in [0.15, 0.2) is 0 Å². The molecule has 3 rings (SSSR count). The number of rotatable bonds is 6. The lowest BCUT2D eigenvalue weighted by Crippen LogP contribution is -1.96. The highest BCUT2D eigenvalue weighted by Gasteiger charge is 2.01. The van der Waals surface area contributed by atoms with Gasteiger partial charge in [-0.1, -0.05) is 59.6 Å². The molecule has 1 N–H and O–H groups in total. The number of ether oxygens (including phenoxy) is 1. The Hall–Kier alpha value is -2.49. The van der Waals surface area contributed by atoms with Gasteiger partial charge in [-0.2, -0.15) is 5.10 Å². The summed E-state index contributed by atoms with van der Waals surface area (Å²) in [5.74, 6) is 0.759. The molecule has 0 saturated carbocycles. The van der Waals surface area contributed by atoms with Crippen molar-refractivity contribution in [2.75, 3.05) is 5.43 Å². The molecule has 0 aliphatic heterocycles. The molecule has 0 spiro atoms. The maximum atomic E-state index is 6.02. The second-order valence-electron chi connectivity index (χ2n) is 5.35. The largest absolute Gasteiger partial charge is 0.489 e. The van der Waals surface area contributed by atoms with Gasteiger partial charge in [-0.25, -0.2) is 0 Å². The van der Waals surface area contributed by atoms with Crippen molar-refractivity contribution < 1.29 is 4.74 Å². The van der Waals surface area contributed by atoms with Crippen molar-refractivity contribution >= 4 is 35.1 Å². The molecule has 3 aromatic carbocycles. The molecule has 0 fully saturated rings. The van der Waals surface area contributed by atoms with E-state index in [4.69, 9.17) is 27.9 Å². The first-order chi connectivity index (χ1) is 12.2. The van der Waals surface area contributed by atoms with Crippen molar-refractivity contribution in [1.82, 2.24) is 0 Å². The monoisotopic (exact) mass is 370 g/mol. The number of nitrogens with zero attached hydrogens (tertiary/aromatic N) is 1. The summed E-state index contributed by atoms with van der Waals surface area (Å²) >= 11 is 11.9. The fourth-order valence-electron chi connectivity index (χ4n) is 2.17. The number of para-hydroxylation sites is 1. The van der Waals surface area contributed by atoms with Crippen LogP contribution >= 0.6 is 23.2 Å². The number of anilines is 1. The third-order valence-corrected chi connectivity index (χ3v) is 4.17. The minimum atomic E-state index is 0.416. The topological polar surface area (TPSA) is 33.6 Å². The van der Waals surface area contributed by atoms with Crippen LogP contribution in [-0.2, 0) is 6.61 Å². The first kappa shape index (κ1) is 17.3. The summed E-state index contributed by atoms with van der Waals surface area (Å²) in [6, 6.07) is 22.9. The molecule has 0 saturated heterocycles. The maximum absolute atomic E-state index is 6.02. The van der Waals surface area contributed by atoms with Crippen molar-refractivity contribution in [2.24, 2.45) is 5.10 Å². The predicted molar refractivity (Wildman–Crippen MR) is 105 cm³/mol. The first-order valence-corrected chi connectivity index (χ1v) is 8.47. The molecule has 0 heterocycles. The SMILES string of the molecule is Clc1ccc(COc2cccc(/C=N/Nc3ccccc3)c2)cc1Cl. The lowest BCUT2D eigenvalue weighted by atomic mass is 10.2. The van der Waals surface area contributed by atoms with Crippen LogP contribution in [0.3, 0.4) is 0 Å². The maximum Gasteiger partial charge on any atom is 0.120 e. The Balaban J connectivity index is 1.60. The molecule has 0 bridgehead atoms. The Morgan fingerprint density at radius 2 is 1.72 bits per heavy atom. The Labute approximate surface area is 156 Å². The van der Waals surface area contributed by atoms with Crippen molar-refractivity contribution in [2.45, 2.75) is 6.61 Å². The molecule has 126 valence electrons. The molecule has 0 unspecified atom stereocenters. The third-order valence-electron chi connectivity index (χ3n) is 3.43. The highest BCUT2D eigenvalue weighted by molar-refractivity contribution is 6.42. The number of halogens is 2. The number of hydrogen-bond donors (Lipinski definition) is 1. The molecule has 25 heavy (non-hydrogen) atoms. The molecular weight excluding hydrogens is 355 g/mol. The van der Waals surface area contributed by atoms with E-state index in [1.165, 1.54) is 0 Å². The van der Waals surface area contributed by atoms with Gasteiger partial charge in [0.2, 0.25) is 0 Å². The van der Waals surface area contributed by atoms with Crippen LogP contribution in [0, 0.1) is 0 Å². The van der Waals surface area contributed by atoms with Crippen molar-refractivity contribution in [3.05, 3.63) is 94.0 Å². The zero-order valence-electron chi connectivity index (χ0n) is 13.3. The molecule has 0 amide bonds. The van der Waals surface area contributed by atoms with E-state index in [1.807, 2.05) is 60.7 Å². The number of hydrazone groups is 1. The Morgan fingerprint density at radius 3 is 2.52 bits per heavy atom. The molecule has 3 aromatic rings. The second kappa shape index (κ2) is 8.56. The number of hydrogen-bond acceptors (Lipinski definition) is 3. The predicted octanol–water partition coefficient (Wildman–Crippen LogP) is 6.02. The van der Waals surface area contributed by atoms with E-state index in [2.05, 4.69) is 10.5 Å². The lowest BCUT2D eigenvalue weighted by molar-refractivity contribution is 0.306. The highest BCUT2D eigenvalue weighted by atomic mass is 35.5. The minimum absolute atomic E-state index is 0.416. The molecule has 3 nitrogen and oxygen atoms in total. The van der Waals surface area contributed by atoms with Crippen molar-refractivity contribution in [1.29, 1.82) is 0 Å². The van der Waals surface area contributed by atoms with Gasteiger partial charge < -0.3 is 4.74 Å². The smallest absolute Gasteiger partial charge is 0.120 e. The summed E-state index contributed by atoms with van der Waals surface area (Å²) in [7, 11) is 0. The van der Waals surface area contributed by atoms with Gasteiger partial charge in [-0.05, 0) is 47.5 Å². The molecular formula is C20H16Cl2N2O. The van der Waals surface area contributed by atoms with E-state index in [9.17, 15) is 0 Å². The van der Waals surface area contributed by atoms with Crippen LogP contribution in [0.4, 0.5) is 5.69 Å². The minimum Gasteiger partial charge on any atom is -0.489 e. The zero-order valence-corrected chi connectivity index (χ0v) is 14.8. The molecule has 0 aliphatic carbocycles. The summed E-state index contributed by atoms with van der Waals surface area (Å²) in [5.41, 5.74) is 5.82. The molecule has 5 heteroatoms. The van der Waals surface area contributed by atoms with Crippen LogP contribution in [0.25, 0.3) is 0 Å². The molecule has 0 atom stereocenters. The summed E-state index contributed by atoms with van der Waals surface area (Å²) < 4.78 is 5.81. The quantitative estimate of drug-likeness (QED) is 0.425. The van der Waals surface area contributed by atoms with Gasteiger partial charge in [0, 0.05) is 0 Å². The molecule has 0 radical (unpaired) electrons. The highest BCUT2D eigenvalue weighted by Crippen LogP contribution is 2.23. The van der Waals surface area contributed by atoms with Gasteiger partial charge in [-0.15, -0.1) is 0 Å². The van der Waals surface area contributed by atoms with Crippen LogP contribution < -0.4 is 10.2 Å². The average molecular weight is 371 g/mol. The van der Waals surface area contributed by atoms with E-state index in [0.717, 1.165) is 22.6 Å². The summed E-state index contributed by atoms with van der Waals surface area (Å²) in [4.78, 5) is 0. The summed E-state index contributed by atoms with van der Waals surface area (Å²) in [6.45, 7) is 0.416. The number of benzene rings is 3. The summed E-state index contributed by atoms with van der Waals surface area (Å²) in [5, 5.41) is 5.29. The van der Waals surface area contributed by atoms with E-state index in [-0.39, 0.29) is 0 Å². The van der Waals surface area contributed by atoms with Crippen molar-refractivity contribution in [3.8, 4) is 5.75 Å². The van der Waals surface area contributed by atoms with Gasteiger partial charge in [0.1, 0.15) is 12.4 Å². The normalized spacial score (nSPS) is 10.8.